The topological polar surface area (TPSA) is 20.3 Å². The molecule has 1 aliphatic heterocycles. The smallest absolute Gasteiger partial charge is 0.251 e. The van der Waals surface area contributed by atoms with Crippen molar-refractivity contribution in [3.05, 3.63) is 155 Å². The van der Waals surface area contributed by atoms with Crippen LogP contribution in [0.25, 0.3) is 5.57 Å². The normalized spacial score (nSPS) is 14.8. The molecule has 0 unspecified atom stereocenters. The summed E-state index contributed by atoms with van der Waals surface area (Å²) in [6.45, 7) is 8.23. The fourth-order valence-corrected chi connectivity index (χ4v) is 5.95. The Bertz CT molecular complexity index is 1370. The number of allylic oxidation sites excluding steroid dienone is 2. The fourth-order valence-electron chi connectivity index (χ4n) is 5.95. The molecule has 184 valence electrons. The van der Waals surface area contributed by atoms with Gasteiger partial charge in [-0.1, -0.05) is 115 Å². The number of amides is 1. The number of benzene rings is 4. The zero-order chi connectivity index (χ0) is 26.0. The summed E-state index contributed by atoms with van der Waals surface area (Å²) in [7, 11) is 0. The molecule has 0 bridgehead atoms. The minimum absolute atomic E-state index is 0.0145. The van der Waals surface area contributed by atoms with E-state index in [0.29, 0.717) is 0 Å². The highest BCUT2D eigenvalue weighted by molar-refractivity contribution is 6.06. The van der Waals surface area contributed by atoms with E-state index in [2.05, 4.69) is 136 Å². The van der Waals surface area contributed by atoms with Crippen LogP contribution >= 0.6 is 0 Å². The second-order valence-electron chi connectivity index (χ2n) is 10.2. The van der Waals surface area contributed by atoms with Gasteiger partial charge in [0.25, 0.3) is 5.91 Å². The number of anilines is 1. The lowest BCUT2D eigenvalue weighted by molar-refractivity contribution is -0.114. The van der Waals surface area contributed by atoms with Crippen molar-refractivity contribution in [3.63, 3.8) is 0 Å². The monoisotopic (exact) mass is 483 g/mol. The molecule has 0 radical (unpaired) electrons. The van der Waals surface area contributed by atoms with Crippen molar-refractivity contribution >= 4 is 17.2 Å². The van der Waals surface area contributed by atoms with Crippen LogP contribution in [-0.4, -0.2) is 11.4 Å². The van der Waals surface area contributed by atoms with Crippen LogP contribution in [0.2, 0.25) is 0 Å². The van der Waals surface area contributed by atoms with Crippen molar-refractivity contribution in [1.29, 1.82) is 0 Å². The van der Waals surface area contributed by atoms with E-state index in [1.807, 2.05) is 17.9 Å². The van der Waals surface area contributed by atoms with Crippen molar-refractivity contribution in [3.8, 4) is 0 Å². The highest BCUT2D eigenvalue weighted by Crippen LogP contribution is 2.48. The number of carbonyl (C=O) groups excluding carboxylic acids is 1. The molecule has 1 aliphatic rings. The third-order valence-electron chi connectivity index (χ3n) is 7.39. The molecule has 1 heterocycles. The highest BCUT2D eigenvalue weighted by atomic mass is 16.2. The Hall–Kier alpha value is -4.17. The Balaban J connectivity index is 1.88. The molecule has 0 atom stereocenters. The minimum atomic E-state index is -0.562. The van der Waals surface area contributed by atoms with Gasteiger partial charge in [-0.2, -0.15) is 0 Å². The predicted octanol–water partition coefficient (Wildman–Crippen LogP) is 8.17. The molecule has 4 aromatic rings. The largest absolute Gasteiger partial charge is 0.299 e. The van der Waals surface area contributed by atoms with Crippen molar-refractivity contribution < 1.29 is 4.79 Å². The number of hydrogen-bond acceptors (Lipinski definition) is 1. The first-order valence-corrected chi connectivity index (χ1v) is 12.9. The second kappa shape index (κ2) is 9.71. The van der Waals surface area contributed by atoms with Crippen LogP contribution < -0.4 is 4.90 Å². The lowest BCUT2D eigenvalue weighted by Crippen LogP contribution is -2.48. The molecular weight excluding hydrogens is 450 g/mol. The highest BCUT2D eigenvalue weighted by Gasteiger charge is 2.41. The zero-order valence-electron chi connectivity index (χ0n) is 22.0. The summed E-state index contributed by atoms with van der Waals surface area (Å²) in [4.78, 5) is 15.4. The number of carbonyl (C=O) groups is 1. The van der Waals surface area contributed by atoms with Gasteiger partial charge < -0.3 is 0 Å². The molecule has 0 aromatic heterocycles. The lowest BCUT2D eigenvalue weighted by atomic mass is 9.64. The Morgan fingerprint density at radius 2 is 1.22 bits per heavy atom. The van der Waals surface area contributed by atoms with Gasteiger partial charge in [-0.05, 0) is 67.7 Å². The first-order chi connectivity index (χ1) is 17.9. The molecule has 0 aliphatic carbocycles. The third kappa shape index (κ3) is 4.13. The van der Waals surface area contributed by atoms with Crippen molar-refractivity contribution in [2.45, 2.75) is 38.6 Å². The van der Waals surface area contributed by atoms with E-state index < -0.39 is 11.0 Å². The van der Waals surface area contributed by atoms with Gasteiger partial charge in [-0.3, -0.25) is 9.69 Å². The molecule has 4 aromatic carbocycles. The number of hydrogen-bond donors (Lipinski definition) is 0. The number of nitrogens with zero attached hydrogens (tertiary/aromatic N) is 1. The summed E-state index contributed by atoms with van der Waals surface area (Å²) in [5.41, 5.74) is 6.86. The van der Waals surface area contributed by atoms with E-state index in [1.165, 1.54) is 22.3 Å². The van der Waals surface area contributed by atoms with Crippen LogP contribution in [0.4, 0.5) is 5.69 Å². The molecular formula is C35H33NO. The number of rotatable bonds is 5. The van der Waals surface area contributed by atoms with Crippen LogP contribution in [0.15, 0.2) is 127 Å². The molecule has 37 heavy (non-hydrogen) atoms. The summed E-state index contributed by atoms with van der Waals surface area (Å²) in [6.07, 6.45) is 5.66. The van der Waals surface area contributed by atoms with E-state index in [9.17, 15) is 4.79 Å². The fraction of sp³-hybridized carbons (Fsp3) is 0.171. The van der Waals surface area contributed by atoms with Gasteiger partial charge in [0.05, 0.1) is 16.6 Å². The Kier molecular flexibility index (Phi) is 6.43. The van der Waals surface area contributed by atoms with Gasteiger partial charge in [-0.15, -0.1) is 0 Å². The van der Waals surface area contributed by atoms with E-state index in [4.69, 9.17) is 0 Å². The maximum absolute atomic E-state index is 13.5. The van der Waals surface area contributed by atoms with E-state index in [-0.39, 0.29) is 5.91 Å². The van der Waals surface area contributed by atoms with Crippen LogP contribution in [0, 0.1) is 0 Å². The summed E-state index contributed by atoms with van der Waals surface area (Å²) in [5, 5.41) is 0. The zero-order valence-corrected chi connectivity index (χ0v) is 22.0. The standard InChI is InChI=1S/C35H33NO/c1-5-15-33(37)36-32-24-30(22-23-31(32)26(2)25-34(36,3)4)35(27-16-9-6-10-17-27,28-18-11-7-12-19-28)29-20-13-8-14-21-29/h5-25H,1-4H3/b15-5+. The van der Waals surface area contributed by atoms with Crippen LogP contribution in [0.3, 0.4) is 0 Å². The quantitative estimate of drug-likeness (QED) is 0.207. The van der Waals surface area contributed by atoms with Crippen LogP contribution in [-0.2, 0) is 10.2 Å². The Morgan fingerprint density at radius 1 is 0.730 bits per heavy atom. The van der Waals surface area contributed by atoms with Gasteiger partial charge in [0.15, 0.2) is 0 Å². The van der Waals surface area contributed by atoms with Crippen molar-refractivity contribution in [2.24, 2.45) is 0 Å². The molecule has 0 saturated carbocycles. The molecule has 0 saturated heterocycles. The summed E-state index contributed by atoms with van der Waals surface area (Å²) < 4.78 is 0. The third-order valence-corrected chi connectivity index (χ3v) is 7.39. The molecule has 0 N–H and O–H groups in total. The van der Waals surface area contributed by atoms with Gasteiger partial charge in [-0.25, -0.2) is 0 Å². The van der Waals surface area contributed by atoms with Gasteiger partial charge >= 0.3 is 0 Å². The SMILES string of the molecule is C/C=C/C(=O)N1c2cc(C(c3ccccc3)(c3ccccc3)c3ccccc3)ccc2C(C)=CC1(C)C. The second-order valence-corrected chi connectivity index (χ2v) is 10.2. The first kappa shape index (κ1) is 24.5. The van der Waals surface area contributed by atoms with E-state index in [1.54, 1.807) is 6.08 Å². The predicted molar refractivity (Wildman–Crippen MR) is 155 cm³/mol. The Morgan fingerprint density at radius 3 is 1.68 bits per heavy atom. The van der Waals surface area contributed by atoms with E-state index >= 15 is 0 Å². The molecule has 2 nitrogen and oxygen atoms in total. The maximum Gasteiger partial charge on any atom is 0.251 e. The summed E-state index contributed by atoms with van der Waals surface area (Å²) in [5.74, 6) is -0.0145. The van der Waals surface area contributed by atoms with Gasteiger partial charge in [0.1, 0.15) is 0 Å². The number of fused-ring (bicyclic) bond motifs is 1. The molecule has 0 spiro atoms. The van der Waals surface area contributed by atoms with Crippen molar-refractivity contribution in [2.75, 3.05) is 4.90 Å². The van der Waals surface area contributed by atoms with E-state index in [0.717, 1.165) is 16.8 Å². The summed E-state index contributed by atoms with van der Waals surface area (Å²) >= 11 is 0. The molecule has 1 amide bonds. The van der Waals surface area contributed by atoms with Crippen LogP contribution in [0.5, 0.6) is 0 Å². The minimum Gasteiger partial charge on any atom is -0.299 e. The summed E-state index contributed by atoms with van der Waals surface area (Å²) in [6, 6.07) is 38.7. The van der Waals surface area contributed by atoms with Crippen molar-refractivity contribution in [1.82, 2.24) is 0 Å². The maximum atomic E-state index is 13.5. The van der Waals surface area contributed by atoms with Gasteiger partial charge in [0.2, 0.25) is 0 Å². The lowest BCUT2D eigenvalue weighted by Gasteiger charge is -2.43. The molecule has 0 fully saturated rings. The van der Waals surface area contributed by atoms with Gasteiger partial charge in [0, 0.05) is 5.56 Å². The molecule has 2 heteroatoms. The molecule has 5 rings (SSSR count). The Labute approximate surface area is 220 Å². The average Bonchev–Trinajstić information content (AvgIpc) is 2.90. The average molecular weight is 484 g/mol. The van der Waals surface area contributed by atoms with Crippen LogP contribution in [0.1, 0.15) is 55.5 Å². The first-order valence-electron chi connectivity index (χ1n) is 12.9.